The molecular formula is C8H12N2O4S. The number of methoxy groups -OCH3 is 1. The highest BCUT2D eigenvalue weighted by atomic mass is 32.2. The zero-order valence-electron chi connectivity index (χ0n) is 8.43. The second-order valence-electron chi connectivity index (χ2n) is 3.11. The van der Waals surface area contributed by atoms with Crippen LogP contribution in [0.2, 0.25) is 0 Å². The summed E-state index contributed by atoms with van der Waals surface area (Å²) in [6.45, 7) is 1.54. The fraction of sp³-hybridized carbons (Fsp3) is 0.625. The van der Waals surface area contributed by atoms with Gasteiger partial charge < -0.3 is 10.5 Å². The lowest BCUT2D eigenvalue weighted by atomic mass is 10.1. The van der Waals surface area contributed by atoms with Crippen molar-refractivity contribution in [1.82, 2.24) is 4.90 Å². The van der Waals surface area contributed by atoms with E-state index in [2.05, 4.69) is 4.74 Å². The molecule has 84 valence electrons. The standard InChI is InChI=1S/C8H12N2O4S/c1-4(6(9)7(12)14-2)10-5(11)3-15-8(10)13/h4,6H,3,9H2,1-2H3. The number of ether oxygens (including phenoxy) is 1. The highest BCUT2D eigenvalue weighted by molar-refractivity contribution is 8.14. The Balaban J connectivity index is 2.75. The van der Waals surface area contributed by atoms with Crippen LogP contribution < -0.4 is 5.73 Å². The largest absolute Gasteiger partial charge is 0.468 e. The van der Waals surface area contributed by atoms with E-state index < -0.39 is 18.1 Å². The topological polar surface area (TPSA) is 89.7 Å². The van der Waals surface area contributed by atoms with Gasteiger partial charge in [-0.3, -0.25) is 19.3 Å². The number of nitrogens with zero attached hydrogens (tertiary/aromatic N) is 1. The summed E-state index contributed by atoms with van der Waals surface area (Å²) in [5.74, 6) is -0.853. The van der Waals surface area contributed by atoms with Crippen molar-refractivity contribution in [3.8, 4) is 0 Å². The number of hydrogen-bond acceptors (Lipinski definition) is 6. The molecule has 0 saturated carbocycles. The van der Waals surface area contributed by atoms with E-state index in [9.17, 15) is 14.4 Å². The van der Waals surface area contributed by atoms with Gasteiger partial charge in [0, 0.05) is 0 Å². The Bertz CT molecular complexity index is 291. The molecule has 0 radical (unpaired) electrons. The predicted molar refractivity (Wildman–Crippen MR) is 54.2 cm³/mol. The molecule has 1 heterocycles. The Morgan fingerprint density at radius 2 is 2.20 bits per heavy atom. The number of rotatable bonds is 3. The Kier molecular flexibility index (Phi) is 3.70. The van der Waals surface area contributed by atoms with Crippen LogP contribution in [0.4, 0.5) is 4.79 Å². The fourth-order valence-electron chi connectivity index (χ4n) is 1.25. The van der Waals surface area contributed by atoms with E-state index in [1.807, 2.05) is 0 Å². The summed E-state index contributed by atoms with van der Waals surface area (Å²) in [7, 11) is 1.21. The van der Waals surface area contributed by atoms with Crippen molar-refractivity contribution in [2.75, 3.05) is 12.9 Å². The number of hydrogen-bond donors (Lipinski definition) is 1. The van der Waals surface area contributed by atoms with Gasteiger partial charge in [-0.05, 0) is 6.92 Å². The molecule has 2 amide bonds. The molecule has 0 aromatic heterocycles. The molecule has 0 aromatic carbocycles. The second kappa shape index (κ2) is 4.63. The van der Waals surface area contributed by atoms with Crippen LogP contribution in [0.1, 0.15) is 6.92 Å². The molecule has 7 heteroatoms. The number of carbonyl (C=O) groups is 3. The monoisotopic (exact) mass is 232 g/mol. The van der Waals surface area contributed by atoms with Gasteiger partial charge in [-0.1, -0.05) is 11.8 Å². The molecular weight excluding hydrogens is 220 g/mol. The lowest BCUT2D eigenvalue weighted by Crippen LogP contribution is -2.52. The van der Waals surface area contributed by atoms with Crippen molar-refractivity contribution < 1.29 is 19.1 Å². The van der Waals surface area contributed by atoms with Gasteiger partial charge in [0.15, 0.2) is 0 Å². The van der Waals surface area contributed by atoms with Crippen LogP contribution in [0.5, 0.6) is 0 Å². The molecule has 0 aliphatic carbocycles. The Hall–Kier alpha value is -1.08. The van der Waals surface area contributed by atoms with Gasteiger partial charge >= 0.3 is 5.97 Å². The summed E-state index contributed by atoms with van der Waals surface area (Å²) in [6.07, 6.45) is 0. The molecule has 2 atom stereocenters. The summed E-state index contributed by atoms with van der Waals surface area (Å²) in [6, 6.07) is -1.67. The van der Waals surface area contributed by atoms with Crippen LogP contribution in [-0.4, -0.2) is 47.0 Å². The molecule has 1 saturated heterocycles. The molecule has 0 bridgehead atoms. The van der Waals surface area contributed by atoms with Crippen LogP contribution in [0.3, 0.4) is 0 Å². The maximum absolute atomic E-state index is 11.3. The number of amides is 2. The summed E-state index contributed by atoms with van der Waals surface area (Å²) in [5.41, 5.74) is 5.55. The molecule has 2 unspecified atom stereocenters. The molecule has 1 fully saturated rings. The maximum atomic E-state index is 11.3. The van der Waals surface area contributed by atoms with Gasteiger partial charge in [-0.15, -0.1) is 0 Å². The van der Waals surface area contributed by atoms with Crippen molar-refractivity contribution in [3.05, 3.63) is 0 Å². The normalized spacial score (nSPS) is 20.3. The molecule has 2 N–H and O–H groups in total. The first-order chi connectivity index (χ1) is 6.99. The third-order valence-electron chi connectivity index (χ3n) is 2.18. The van der Waals surface area contributed by atoms with Crippen LogP contribution in [0, 0.1) is 0 Å². The van der Waals surface area contributed by atoms with Gasteiger partial charge in [-0.25, -0.2) is 0 Å². The quantitative estimate of drug-likeness (QED) is 0.664. The van der Waals surface area contributed by atoms with Gasteiger partial charge in [0.05, 0.1) is 18.9 Å². The molecule has 0 spiro atoms. The number of esters is 1. The van der Waals surface area contributed by atoms with E-state index in [4.69, 9.17) is 5.73 Å². The minimum atomic E-state index is -0.999. The van der Waals surface area contributed by atoms with Gasteiger partial charge in [0.1, 0.15) is 6.04 Å². The number of nitrogens with two attached hydrogens (primary N) is 1. The SMILES string of the molecule is COC(=O)C(N)C(C)N1C(=O)CSC1=O. The molecule has 1 aliphatic rings. The minimum absolute atomic E-state index is 0.108. The zero-order valence-corrected chi connectivity index (χ0v) is 9.24. The van der Waals surface area contributed by atoms with Crippen LogP contribution in [-0.2, 0) is 14.3 Å². The van der Waals surface area contributed by atoms with E-state index in [0.29, 0.717) is 0 Å². The first-order valence-electron chi connectivity index (χ1n) is 4.31. The maximum Gasteiger partial charge on any atom is 0.324 e. The third kappa shape index (κ3) is 2.29. The van der Waals surface area contributed by atoms with Crippen LogP contribution >= 0.6 is 11.8 Å². The number of thioether (sulfide) groups is 1. The fourth-order valence-corrected chi connectivity index (χ4v) is 2.04. The Labute approximate surface area is 91.1 Å². The van der Waals surface area contributed by atoms with Gasteiger partial charge in [0.25, 0.3) is 5.24 Å². The van der Waals surface area contributed by atoms with E-state index in [1.165, 1.54) is 7.11 Å². The Morgan fingerprint density at radius 3 is 2.60 bits per heavy atom. The molecule has 0 aromatic rings. The van der Waals surface area contributed by atoms with E-state index in [1.54, 1.807) is 6.92 Å². The summed E-state index contributed by atoms with van der Waals surface area (Å²) in [4.78, 5) is 34.7. The lowest BCUT2D eigenvalue weighted by molar-refractivity contribution is -0.144. The van der Waals surface area contributed by atoms with Crippen molar-refractivity contribution in [1.29, 1.82) is 0 Å². The first-order valence-corrected chi connectivity index (χ1v) is 5.29. The zero-order chi connectivity index (χ0) is 11.6. The molecule has 6 nitrogen and oxygen atoms in total. The van der Waals surface area contributed by atoms with E-state index >= 15 is 0 Å². The smallest absolute Gasteiger partial charge is 0.324 e. The predicted octanol–water partition coefficient (Wildman–Crippen LogP) is -0.429. The van der Waals surface area contributed by atoms with Crippen molar-refractivity contribution in [3.63, 3.8) is 0 Å². The van der Waals surface area contributed by atoms with Crippen LogP contribution in [0.15, 0.2) is 0 Å². The minimum Gasteiger partial charge on any atom is -0.468 e. The first kappa shape index (κ1) is 12.0. The summed E-state index contributed by atoms with van der Waals surface area (Å²) >= 11 is 0.908. The van der Waals surface area contributed by atoms with Crippen molar-refractivity contribution in [2.24, 2.45) is 5.73 Å². The van der Waals surface area contributed by atoms with Crippen LogP contribution in [0.25, 0.3) is 0 Å². The van der Waals surface area contributed by atoms with E-state index in [-0.39, 0.29) is 16.9 Å². The number of imide groups is 1. The molecule has 1 aliphatic heterocycles. The lowest BCUT2D eigenvalue weighted by Gasteiger charge is -2.25. The average Bonchev–Trinajstić information content (AvgIpc) is 2.55. The number of carbonyl (C=O) groups excluding carboxylic acids is 3. The van der Waals surface area contributed by atoms with Crippen molar-refractivity contribution >= 4 is 28.9 Å². The summed E-state index contributed by atoms with van der Waals surface area (Å²) < 4.78 is 4.44. The Morgan fingerprint density at radius 1 is 1.60 bits per heavy atom. The van der Waals surface area contributed by atoms with Gasteiger partial charge in [0.2, 0.25) is 5.91 Å². The average molecular weight is 232 g/mol. The van der Waals surface area contributed by atoms with Crippen molar-refractivity contribution in [2.45, 2.75) is 19.0 Å². The summed E-state index contributed by atoms with van der Waals surface area (Å²) in [5, 5.41) is -0.369. The third-order valence-corrected chi connectivity index (χ3v) is 3.02. The molecule has 15 heavy (non-hydrogen) atoms. The molecule has 1 rings (SSSR count). The van der Waals surface area contributed by atoms with E-state index in [0.717, 1.165) is 16.7 Å². The highest BCUT2D eigenvalue weighted by Crippen LogP contribution is 2.22. The second-order valence-corrected chi connectivity index (χ2v) is 4.03. The highest BCUT2D eigenvalue weighted by Gasteiger charge is 2.38. The van der Waals surface area contributed by atoms with Gasteiger partial charge in [-0.2, -0.15) is 0 Å².